The van der Waals surface area contributed by atoms with E-state index in [9.17, 15) is 4.79 Å². The zero-order valence-corrected chi connectivity index (χ0v) is 9.66. The fraction of sp³-hybridized carbons (Fsp3) is 0.778. The Morgan fingerprint density at radius 3 is 2.33 bits per heavy atom. The van der Waals surface area contributed by atoms with Crippen LogP contribution in [0.4, 0.5) is 0 Å². The number of ketones is 1. The van der Waals surface area contributed by atoms with Crippen LogP contribution in [0.25, 0.3) is 0 Å². The van der Waals surface area contributed by atoms with Crippen molar-refractivity contribution in [2.24, 2.45) is 16.5 Å². The van der Waals surface area contributed by atoms with E-state index in [0.717, 1.165) is 20.0 Å². The van der Waals surface area contributed by atoms with Crippen molar-refractivity contribution in [3.05, 3.63) is 0 Å². The van der Waals surface area contributed by atoms with Crippen LogP contribution in [0.1, 0.15) is 19.8 Å². The summed E-state index contributed by atoms with van der Waals surface area (Å²) in [5, 5.41) is 9.93. The largest absolute Gasteiger partial charge is 0.400 e. The SMILES string of the molecule is CN[C@@H](CCCN=C(N)N)C(C)=O.CO. The van der Waals surface area contributed by atoms with E-state index in [1.54, 1.807) is 14.0 Å². The second kappa shape index (κ2) is 10.9. The monoisotopic (exact) mass is 218 g/mol. The Morgan fingerprint density at radius 2 is 2.00 bits per heavy atom. The van der Waals surface area contributed by atoms with E-state index >= 15 is 0 Å². The molecule has 0 aromatic carbocycles. The van der Waals surface area contributed by atoms with Crippen LogP contribution in [0.5, 0.6) is 0 Å². The summed E-state index contributed by atoms with van der Waals surface area (Å²) < 4.78 is 0. The van der Waals surface area contributed by atoms with Gasteiger partial charge in [-0.05, 0) is 26.8 Å². The number of likely N-dealkylation sites (N-methyl/N-ethyl adjacent to an activating group) is 1. The molecule has 15 heavy (non-hydrogen) atoms. The number of nitrogens with zero attached hydrogens (tertiary/aromatic N) is 1. The lowest BCUT2D eigenvalue weighted by atomic mass is 10.1. The number of nitrogens with one attached hydrogen (secondary N) is 1. The van der Waals surface area contributed by atoms with Crippen LogP contribution < -0.4 is 16.8 Å². The molecule has 0 aliphatic heterocycles. The Balaban J connectivity index is 0. The van der Waals surface area contributed by atoms with Gasteiger partial charge in [0.15, 0.2) is 5.96 Å². The molecule has 0 saturated carbocycles. The highest BCUT2D eigenvalue weighted by molar-refractivity contribution is 5.81. The number of carbonyl (C=O) groups excluding carboxylic acids is 1. The normalized spacial score (nSPS) is 10.9. The maximum Gasteiger partial charge on any atom is 0.185 e. The number of rotatable bonds is 6. The summed E-state index contributed by atoms with van der Waals surface area (Å²) in [4.78, 5) is 14.8. The van der Waals surface area contributed by atoms with Crippen molar-refractivity contribution >= 4 is 11.7 Å². The van der Waals surface area contributed by atoms with Crippen molar-refractivity contribution in [2.45, 2.75) is 25.8 Å². The molecule has 0 radical (unpaired) electrons. The van der Waals surface area contributed by atoms with Gasteiger partial charge in [0.2, 0.25) is 0 Å². The molecule has 0 aromatic heterocycles. The van der Waals surface area contributed by atoms with Crippen molar-refractivity contribution in [1.82, 2.24) is 5.32 Å². The average Bonchev–Trinajstić information content (AvgIpc) is 2.20. The molecule has 6 N–H and O–H groups in total. The van der Waals surface area contributed by atoms with Crippen LogP contribution in [0, 0.1) is 0 Å². The van der Waals surface area contributed by atoms with Crippen molar-refractivity contribution in [2.75, 3.05) is 20.7 Å². The molecular formula is C9H22N4O2. The lowest BCUT2D eigenvalue weighted by Crippen LogP contribution is -2.32. The van der Waals surface area contributed by atoms with Crippen LogP contribution in [0.15, 0.2) is 4.99 Å². The van der Waals surface area contributed by atoms with Crippen LogP contribution in [-0.2, 0) is 4.79 Å². The summed E-state index contributed by atoms with van der Waals surface area (Å²) in [6.07, 6.45) is 1.58. The van der Waals surface area contributed by atoms with E-state index in [-0.39, 0.29) is 17.8 Å². The van der Waals surface area contributed by atoms with Gasteiger partial charge in [0, 0.05) is 13.7 Å². The first-order valence-electron chi connectivity index (χ1n) is 4.75. The van der Waals surface area contributed by atoms with Gasteiger partial charge in [-0.15, -0.1) is 0 Å². The first kappa shape index (κ1) is 16.3. The van der Waals surface area contributed by atoms with E-state index in [2.05, 4.69) is 10.3 Å². The van der Waals surface area contributed by atoms with Gasteiger partial charge >= 0.3 is 0 Å². The smallest absolute Gasteiger partial charge is 0.185 e. The van der Waals surface area contributed by atoms with Gasteiger partial charge in [-0.25, -0.2) is 0 Å². The minimum atomic E-state index is -0.0748. The third-order valence-corrected chi connectivity index (χ3v) is 1.78. The number of carbonyl (C=O) groups is 1. The Bertz CT molecular complexity index is 191. The minimum absolute atomic E-state index is 0.0748. The molecule has 0 fully saturated rings. The van der Waals surface area contributed by atoms with Crippen molar-refractivity contribution < 1.29 is 9.90 Å². The number of nitrogens with two attached hydrogens (primary N) is 2. The molecule has 6 nitrogen and oxygen atoms in total. The fourth-order valence-electron chi connectivity index (χ4n) is 1.05. The lowest BCUT2D eigenvalue weighted by Gasteiger charge is -2.10. The van der Waals surface area contributed by atoms with Crippen molar-refractivity contribution in [3.8, 4) is 0 Å². The van der Waals surface area contributed by atoms with Crippen LogP contribution in [-0.4, -0.2) is 43.6 Å². The van der Waals surface area contributed by atoms with Gasteiger partial charge in [-0.2, -0.15) is 0 Å². The van der Waals surface area contributed by atoms with E-state index in [1.807, 2.05) is 0 Å². The van der Waals surface area contributed by atoms with Gasteiger partial charge < -0.3 is 21.9 Å². The maximum absolute atomic E-state index is 11.0. The summed E-state index contributed by atoms with van der Waals surface area (Å²) in [7, 11) is 2.77. The predicted octanol–water partition coefficient (Wildman–Crippen LogP) is -1.17. The summed E-state index contributed by atoms with van der Waals surface area (Å²) in [5.41, 5.74) is 10.3. The zero-order valence-electron chi connectivity index (χ0n) is 9.66. The Morgan fingerprint density at radius 1 is 1.47 bits per heavy atom. The Kier molecular flexibility index (Phi) is 11.9. The van der Waals surface area contributed by atoms with E-state index < -0.39 is 0 Å². The number of aliphatic imine (C=N–C) groups is 1. The first-order valence-corrected chi connectivity index (χ1v) is 4.75. The summed E-state index contributed by atoms with van der Waals surface area (Å²) in [6.45, 7) is 2.15. The topological polar surface area (TPSA) is 114 Å². The third kappa shape index (κ3) is 10.8. The first-order chi connectivity index (χ1) is 7.07. The molecule has 1 atom stereocenters. The number of hydrogen-bond acceptors (Lipinski definition) is 4. The van der Waals surface area contributed by atoms with Gasteiger partial charge in [0.25, 0.3) is 0 Å². The summed E-state index contributed by atoms with van der Waals surface area (Å²) in [6, 6.07) is -0.0748. The highest BCUT2D eigenvalue weighted by Crippen LogP contribution is 1.98. The predicted molar refractivity (Wildman–Crippen MR) is 61.6 cm³/mol. The van der Waals surface area contributed by atoms with Gasteiger partial charge in [0.05, 0.1) is 6.04 Å². The molecule has 0 rings (SSSR count). The second-order valence-electron chi connectivity index (χ2n) is 2.90. The van der Waals surface area contributed by atoms with Crippen molar-refractivity contribution in [3.63, 3.8) is 0 Å². The Hall–Kier alpha value is -1.14. The van der Waals surface area contributed by atoms with Crippen LogP contribution >= 0.6 is 0 Å². The molecule has 90 valence electrons. The highest BCUT2D eigenvalue weighted by atomic mass is 16.2. The van der Waals surface area contributed by atoms with E-state index in [4.69, 9.17) is 16.6 Å². The molecule has 0 unspecified atom stereocenters. The average molecular weight is 218 g/mol. The molecule has 0 aromatic rings. The second-order valence-corrected chi connectivity index (χ2v) is 2.90. The molecule has 6 heteroatoms. The third-order valence-electron chi connectivity index (χ3n) is 1.78. The molecule has 0 spiro atoms. The molecule has 0 heterocycles. The van der Waals surface area contributed by atoms with E-state index in [1.165, 1.54) is 0 Å². The van der Waals surface area contributed by atoms with E-state index in [0.29, 0.717) is 6.54 Å². The standard InChI is InChI=1S/C8H18N4O.CH4O/c1-6(13)7(11-2)4-3-5-12-8(9)10;1-2/h7,11H,3-5H2,1-2H3,(H4,9,10,12);2H,1H3/t7-;/m0./s1. The maximum atomic E-state index is 11.0. The number of guanidine groups is 1. The zero-order chi connectivity index (χ0) is 12.3. The number of aliphatic hydroxyl groups is 1. The quantitative estimate of drug-likeness (QED) is 0.255. The molecule has 0 amide bonds. The molecule has 0 bridgehead atoms. The van der Waals surface area contributed by atoms with Gasteiger partial charge in [-0.1, -0.05) is 0 Å². The minimum Gasteiger partial charge on any atom is -0.400 e. The van der Waals surface area contributed by atoms with Gasteiger partial charge in [-0.3, -0.25) is 9.79 Å². The van der Waals surface area contributed by atoms with Crippen LogP contribution in [0.2, 0.25) is 0 Å². The van der Waals surface area contributed by atoms with Crippen LogP contribution in [0.3, 0.4) is 0 Å². The number of Topliss-reactive ketones (excluding diaryl/α,β-unsaturated/α-hetero) is 1. The number of hydrogen-bond donors (Lipinski definition) is 4. The van der Waals surface area contributed by atoms with Gasteiger partial charge in [0.1, 0.15) is 5.78 Å². The molecule has 0 aliphatic rings. The lowest BCUT2D eigenvalue weighted by molar-refractivity contribution is -0.119. The fourth-order valence-corrected chi connectivity index (χ4v) is 1.05. The molecule has 0 aliphatic carbocycles. The number of aliphatic hydroxyl groups excluding tert-OH is 1. The highest BCUT2D eigenvalue weighted by Gasteiger charge is 2.09. The summed E-state index contributed by atoms with van der Waals surface area (Å²) >= 11 is 0. The molecular weight excluding hydrogens is 196 g/mol. The molecule has 0 saturated heterocycles. The van der Waals surface area contributed by atoms with Crippen molar-refractivity contribution in [1.29, 1.82) is 0 Å². The summed E-state index contributed by atoms with van der Waals surface area (Å²) in [5.74, 6) is 0.246. The Labute approximate surface area is 90.7 Å².